The highest BCUT2D eigenvalue weighted by Gasteiger charge is 2.35. The third-order valence-corrected chi connectivity index (χ3v) is 3.04. The average molecular weight is 220 g/mol. The van der Waals surface area contributed by atoms with Crippen LogP contribution in [0.3, 0.4) is 0 Å². The molecule has 5 heteroatoms. The molecule has 3 atom stereocenters. The number of rotatable bonds is 0. The van der Waals surface area contributed by atoms with Crippen LogP contribution in [0.1, 0.15) is 11.9 Å². The first-order chi connectivity index (χ1) is 7.68. The molecule has 0 unspecified atom stereocenters. The Morgan fingerprint density at radius 3 is 2.75 bits per heavy atom. The predicted octanol–water partition coefficient (Wildman–Crippen LogP) is -0.195. The lowest BCUT2D eigenvalue weighted by atomic mass is 10.0. The molecule has 1 aromatic heterocycles. The molecule has 2 heterocycles. The highest BCUT2D eigenvalue weighted by atomic mass is 16.4. The second kappa shape index (κ2) is 3.28. The zero-order valence-corrected chi connectivity index (χ0v) is 8.48. The highest BCUT2D eigenvalue weighted by molar-refractivity contribution is 5.76. The van der Waals surface area contributed by atoms with Crippen LogP contribution in [0.15, 0.2) is 24.3 Å². The number of imidazole rings is 1. The van der Waals surface area contributed by atoms with Crippen LogP contribution >= 0.6 is 0 Å². The summed E-state index contributed by atoms with van der Waals surface area (Å²) in [6.45, 7) is 0.258. The largest absolute Gasteiger partial charge is 0.388 e. The van der Waals surface area contributed by atoms with Crippen LogP contribution in [0.2, 0.25) is 0 Å². The molecule has 0 bridgehead atoms. The lowest BCUT2D eigenvalue weighted by Crippen LogP contribution is -2.41. The number of hydrogen-bond donors (Lipinski definition) is 3. The molecule has 0 aliphatic carbocycles. The molecule has 84 valence electrons. The summed E-state index contributed by atoms with van der Waals surface area (Å²) >= 11 is 0. The lowest BCUT2D eigenvalue weighted by Gasteiger charge is -2.29. The van der Waals surface area contributed by atoms with Crippen molar-refractivity contribution in [3.05, 3.63) is 30.1 Å². The topological polar surface area (TPSA) is 78.5 Å². The van der Waals surface area contributed by atoms with Crippen molar-refractivity contribution in [2.75, 3.05) is 0 Å². The summed E-state index contributed by atoms with van der Waals surface area (Å²) in [4.78, 5) is 4.26. The first-order valence-electron chi connectivity index (χ1n) is 5.18. The number of aromatic nitrogens is 2. The van der Waals surface area contributed by atoms with E-state index in [9.17, 15) is 15.3 Å². The van der Waals surface area contributed by atoms with E-state index in [4.69, 9.17) is 0 Å². The summed E-state index contributed by atoms with van der Waals surface area (Å²) in [6, 6.07) is 7.46. The molecule has 0 saturated carbocycles. The van der Waals surface area contributed by atoms with E-state index in [2.05, 4.69) is 4.98 Å². The number of nitrogens with zero attached hydrogens (tertiary/aromatic N) is 2. The summed E-state index contributed by atoms with van der Waals surface area (Å²) in [5, 5.41) is 29.0. The second-order valence-corrected chi connectivity index (χ2v) is 4.07. The first-order valence-corrected chi connectivity index (χ1v) is 5.18. The fourth-order valence-electron chi connectivity index (χ4n) is 2.17. The Bertz CT molecular complexity index is 537. The molecule has 3 N–H and O–H groups in total. The van der Waals surface area contributed by atoms with Gasteiger partial charge < -0.3 is 19.9 Å². The minimum Gasteiger partial charge on any atom is -0.388 e. The molecule has 3 rings (SSSR count). The van der Waals surface area contributed by atoms with E-state index in [1.807, 2.05) is 24.3 Å². The quantitative estimate of drug-likeness (QED) is 0.574. The molecule has 1 aliphatic heterocycles. The standard InChI is InChI=1S/C11H12N2O3/c14-8-5-13-7-4-2-1-3-6(7)12-11(13)10(16)9(8)15/h1-4,8-10,14-16H,5H2/t8-,9+,10-/m1/s1. The number of aliphatic hydroxyl groups excluding tert-OH is 3. The van der Waals surface area contributed by atoms with Crippen LogP contribution in [-0.2, 0) is 6.54 Å². The van der Waals surface area contributed by atoms with E-state index >= 15 is 0 Å². The third-order valence-electron chi connectivity index (χ3n) is 3.04. The van der Waals surface area contributed by atoms with Crippen molar-refractivity contribution in [3.8, 4) is 0 Å². The number of hydrogen-bond acceptors (Lipinski definition) is 4. The van der Waals surface area contributed by atoms with Gasteiger partial charge in [0.05, 0.1) is 17.6 Å². The zero-order chi connectivity index (χ0) is 11.3. The Labute approximate surface area is 91.6 Å². The van der Waals surface area contributed by atoms with Gasteiger partial charge in [0.15, 0.2) is 0 Å². The predicted molar refractivity (Wildman–Crippen MR) is 56.7 cm³/mol. The highest BCUT2D eigenvalue weighted by Crippen LogP contribution is 2.28. The van der Waals surface area contributed by atoms with Crippen molar-refractivity contribution >= 4 is 11.0 Å². The van der Waals surface area contributed by atoms with Crippen molar-refractivity contribution in [1.29, 1.82) is 0 Å². The summed E-state index contributed by atoms with van der Waals surface area (Å²) in [5.41, 5.74) is 1.63. The van der Waals surface area contributed by atoms with E-state index in [1.54, 1.807) is 4.57 Å². The maximum atomic E-state index is 9.81. The average Bonchev–Trinajstić information content (AvgIpc) is 2.65. The van der Waals surface area contributed by atoms with Gasteiger partial charge in [-0.05, 0) is 12.1 Å². The Balaban J connectivity index is 2.25. The number of benzene rings is 1. The fourth-order valence-corrected chi connectivity index (χ4v) is 2.17. The smallest absolute Gasteiger partial charge is 0.141 e. The van der Waals surface area contributed by atoms with E-state index < -0.39 is 18.3 Å². The van der Waals surface area contributed by atoms with Crippen LogP contribution in [0.5, 0.6) is 0 Å². The molecule has 1 aromatic carbocycles. The zero-order valence-electron chi connectivity index (χ0n) is 8.48. The Hall–Kier alpha value is -1.43. The summed E-state index contributed by atoms with van der Waals surface area (Å²) in [5.74, 6) is 0.416. The number of para-hydroxylation sites is 2. The summed E-state index contributed by atoms with van der Waals surface area (Å²) in [6.07, 6.45) is -3.25. The van der Waals surface area contributed by atoms with Crippen molar-refractivity contribution in [1.82, 2.24) is 9.55 Å². The van der Waals surface area contributed by atoms with Gasteiger partial charge in [0.1, 0.15) is 24.1 Å². The molecule has 0 spiro atoms. The van der Waals surface area contributed by atoms with E-state index in [0.29, 0.717) is 5.82 Å². The van der Waals surface area contributed by atoms with Gasteiger partial charge in [-0.2, -0.15) is 0 Å². The minimum atomic E-state index is -1.16. The van der Waals surface area contributed by atoms with Crippen LogP contribution in [0.4, 0.5) is 0 Å². The molecule has 5 nitrogen and oxygen atoms in total. The van der Waals surface area contributed by atoms with E-state index in [1.165, 1.54) is 0 Å². The third kappa shape index (κ3) is 1.19. The van der Waals surface area contributed by atoms with Crippen molar-refractivity contribution < 1.29 is 15.3 Å². The maximum Gasteiger partial charge on any atom is 0.141 e. The van der Waals surface area contributed by atoms with Crippen LogP contribution in [-0.4, -0.2) is 37.1 Å². The molecule has 0 saturated heterocycles. The molecule has 16 heavy (non-hydrogen) atoms. The van der Waals surface area contributed by atoms with Crippen molar-refractivity contribution in [2.45, 2.75) is 24.9 Å². The molecule has 0 radical (unpaired) electrons. The molecular formula is C11H12N2O3. The van der Waals surface area contributed by atoms with Gasteiger partial charge in [-0.1, -0.05) is 12.1 Å². The molecule has 1 aliphatic rings. The van der Waals surface area contributed by atoms with Gasteiger partial charge in [0.25, 0.3) is 0 Å². The molecular weight excluding hydrogens is 208 g/mol. The summed E-state index contributed by atoms with van der Waals surface area (Å²) < 4.78 is 1.75. The summed E-state index contributed by atoms with van der Waals surface area (Å²) in [7, 11) is 0. The second-order valence-electron chi connectivity index (χ2n) is 4.07. The maximum absolute atomic E-state index is 9.81. The SMILES string of the molecule is O[C@H]1[C@H](O)Cn2c(nc3ccccc32)[C@@H]1O. The normalized spacial score (nSPS) is 29.3. The van der Waals surface area contributed by atoms with Crippen molar-refractivity contribution in [2.24, 2.45) is 0 Å². The van der Waals surface area contributed by atoms with Crippen LogP contribution < -0.4 is 0 Å². The van der Waals surface area contributed by atoms with Gasteiger partial charge in [-0.3, -0.25) is 0 Å². The Morgan fingerprint density at radius 1 is 1.19 bits per heavy atom. The number of fused-ring (bicyclic) bond motifs is 3. The van der Waals surface area contributed by atoms with Crippen LogP contribution in [0.25, 0.3) is 11.0 Å². The minimum absolute atomic E-state index is 0.258. The Kier molecular flexibility index (Phi) is 2.00. The molecule has 0 amide bonds. The van der Waals surface area contributed by atoms with Gasteiger partial charge >= 0.3 is 0 Å². The molecule has 2 aromatic rings. The Morgan fingerprint density at radius 2 is 1.94 bits per heavy atom. The van der Waals surface area contributed by atoms with E-state index in [-0.39, 0.29) is 6.54 Å². The fraction of sp³-hybridized carbons (Fsp3) is 0.364. The number of aliphatic hydroxyl groups is 3. The van der Waals surface area contributed by atoms with Gasteiger partial charge in [-0.25, -0.2) is 4.98 Å². The van der Waals surface area contributed by atoms with Gasteiger partial charge in [-0.15, -0.1) is 0 Å². The van der Waals surface area contributed by atoms with Gasteiger partial charge in [0, 0.05) is 0 Å². The lowest BCUT2D eigenvalue weighted by molar-refractivity contribution is -0.0846. The van der Waals surface area contributed by atoms with Crippen molar-refractivity contribution in [3.63, 3.8) is 0 Å². The van der Waals surface area contributed by atoms with E-state index in [0.717, 1.165) is 11.0 Å². The van der Waals surface area contributed by atoms with Gasteiger partial charge in [0.2, 0.25) is 0 Å². The monoisotopic (exact) mass is 220 g/mol. The first kappa shape index (κ1) is 9.77. The van der Waals surface area contributed by atoms with Crippen LogP contribution in [0, 0.1) is 0 Å². The molecule has 0 fully saturated rings.